The van der Waals surface area contributed by atoms with Crippen LogP contribution in [0.3, 0.4) is 0 Å². The smallest absolute Gasteiger partial charge is 0.0530 e. The molecule has 1 rings (SSSR count). The van der Waals surface area contributed by atoms with Gasteiger partial charge in [0.25, 0.3) is 0 Å². The van der Waals surface area contributed by atoms with Gasteiger partial charge in [-0.15, -0.1) is 6.58 Å². The van der Waals surface area contributed by atoms with Gasteiger partial charge in [-0.1, -0.05) is 43.0 Å². The highest BCUT2D eigenvalue weighted by Crippen LogP contribution is 2.07. The van der Waals surface area contributed by atoms with E-state index in [0.29, 0.717) is 5.70 Å². The topological polar surface area (TPSA) is 44.3 Å². The van der Waals surface area contributed by atoms with E-state index in [1.807, 2.05) is 29.8 Å². The Balaban J connectivity index is 2.44. The molecule has 0 atom stereocenters. The van der Waals surface area contributed by atoms with Gasteiger partial charge in [0.05, 0.1) is 5.70 Å². The van der Waals surface area contributed by atoms with Crippen molar-refractivity contribution in [3.8, 4) is 0 Å². The van der Waals surface area contributed by atoms with E-state index in [9.17, 15) is 0 Å². The van der Waals surface area contributed by atoms with Crippen LogP contribution in [0.15, 0.2) is 55.3 Å². The van der Waals surface area contributed by atoms with Crippen molar-refractivity contribution >= 4 is 6.08 Å². The Morgan fingerprint density at radius 2 is 2.00 bits per heavy atom. The standard InChI is InChI=1S/C15H20N2O/c1-3-4-11-16-12-15-9-7-14(8-10-15)6-5-13(2)17-18/h3,5-10,16-18H,1-2,4,11-12H2/b6-5+. The zero-order valence-electron chi connectivity index (χ0n) is 10.5. The minimum Gasteiger partial charge on any atom is -0.312 e. The molecule has 0 heterocycles. The molecule has 3 heteroatoms. The van der Waals surface area contributed by atoms with Gasteiger partial charge in [-0.25, -0.2) is 0 Å². The zero-order chi connectivity index (χ0) is 13.2. The first kappa shape index (κ1) is 14.2. The maximum atomic E-state index is 8.58. The molecule has 0 aromatic heterocycles. The molecule has 18 heavy (non-hydrogen) atoms. The maximum absolute atomic E-state index is 8.58. The number of allylic oxidation sites excluding steroid dienone is 1. The van der Waals surface area contributed by atoms with Crippen LogP contribution in [0, 0.1) is 0 Å². The van der Waals surface area contributed by atoms with Crippen LogP contribution in [0.2, 0.25) is 0 Å². The summed E-state index contributed by atoms with van der Waals surface area (Å²) in [5.74, 6) is 0. The monoisotopic (exact) mass is 244 g/mol. The summed E-state index contributed by atoms with van der Waals surface area (Å²) >= 11 is 0. The van der Waals surface area contributed by atoms with E-state index in [0.717, 1.165) is 25.1 Å². The fourth-order valence-electron chi connectivity index (χ4n) is 1.42. The average Bonchev–Trinajstić information content (AvgIpc) is 2.42. The molecule has 0 saturated heterocycles. The van der Waals surface area contributed by atoms with Gasteiger partial charge in [0.15, 0.2) is 0 Å². The van der Waals surface area contributed by atoms with Crippen molar-refractivity contribution < 1.29 is 5.21 Å². The van der Waals surface area contributed by atoms with Gasteiger partial charge in [-0.05, 0) is 30.2 Å². The van der Waals surface area contributed by atoms with Crippen molar-refractivity contribution in [3.63, 3.8) is 0 Å². The van der Waals surface area contributed by atoms with Crippen molar-refractivity contribution in [1.82, 2.24) is 10.8 Å². The Morgan fingerprint density at radius 3 is 2.61 bits per heavy atom. The fourth-order valence-corrected chi connectivity index (χ4v) is 1.42. The second-order valence-corrected chi connectivity index (χ2v) is 3.97. The van der Waals surface area contributed by atoms with E-state index < -0.39 is 0 Å². The summed E-state index contributed by atoms with van der Waals surface area (Å²) in [5.41, 5.74) is 4.77. The number of hydrogen-bond acceptors (Lipinski definition) is 3. The first-order chi connectivity index (χ1) is 8.76. The lowest BCUT2D eigenvalue weighted by atomic mass is 10.1. The third-order valence-corrected chi connectivity index (χ3v) is 2.45. The Bertz CT molecular complexity index is 407. The molecule has 96 valence electrons. The predicted octanol–water partition coefficient (Wildman–Crippen LogP) is 2.86. The summed E-state index contributed by atoms with van der Waals surface area (Å²) < 4.78 is 0. The van der Waals surface area contributed by atoms with Crippen LogP contribution in [-0.4, -0.2) is 11.8 Å². The second kappa shape index (κ2) is 8.28. The Morgan fingerprint density at radius 1 is 1.28 bits per heavy atom. The minimum absolute atomic E-state index is 0.463. The van der Waals surface area contributed by atoms with Gasteiger partial charge in [-0.2, -0.15) is 0 Å². The number of hydrogen-bond donors (Lipinski definition) is 3. The van der Waals surface area contributed by atoms with Gasteiger partial charge in [-0.3, -0.25) is 10.7 Å². The molecule has 1 aromatic carbocycles. The second-order valence-electron chi connectivity index (χ2n) is 3.97. The highest BCUT2D eigenvalue weighted by Gasteiger charge is 1.92. The molecular weight excluding hydrogens is 224 g/mol. The van der Waals surface area contributed by atoms with Crippen molar-refractivity contribution in [2.45, 2.75) is 13.0 Å². The van der Waals surface area contributed by atoms with E-state index in [2.05, 4.69) is 30.6 Å². The summed E-state index contributed by atoms with van der Waals surface area (Å²) in [6.45, 7) is 9.09. The third-order valence-electron chi connectivity index (χ3n) is 2.45. The van der Waals surface area contributed by atoms with Gasteiger partial charge in [0.2, 0.25) is 0 Å². The Labute approximate surface area is 108 Å². The quantitative estimate of drug-likeness (QED) is 0.285. The van der Waals surface area contributed by atoms with Gasteiger partial charge in [0.1, 0.15) is 0 Å². The van der Waals surface area contributed by atoms with Crippen molar-refractivity contribution in [2.75, 3.05) is 6.54 Å². The molecule has 0 radical (unpaired) electrons. The Kier molecular flexibility index (Phi) is 6.54. The molecule has 0 unspecified atom stereocenters. The lowest BCUT2D eigenvalue weighted by Crippen LogP contribution is -2.13. The van der Waals surface area contributed by atoms with Gasteiger partial charge < -0.3 is 5.32 Å². The van der Waals surface area contributed by atoms with Crippen molar-refractivity contribution in [2.24, 2.45) is 0 Å². The van der Waals surface area contributed by atoms with Gasteiger partial charge >= 0.3 is 0 Å². The summed E-state index contributed by atoms with van der Waals surface area (Å²) in [6, 6.07) is 8.22. The average molecular weight is 244 g/mol. The van der Waals surface area contributed by atoms with Crippen LogP contribution in [0.4, 0.5) is 0 Å². The number of rotatable bonds is 8. The van der Waals surface area contributed by atoms with Crippen LogP contribution in [-0.2, 0) is 6.54 Å². The molecule has 0 spiro atoms. The zero-order valence-corrected chi connectivity index (χ0v) is 10.5. The normalized spacial score (nSPS) is 10.5. The molecule has 0 fully saturated rings. The highest BCUT2D eigenvalue weighted by molar-refractivity contribution is 5.52. The van der Waals surface area contributed by atoms with Crippen LogP contribution in [0.1, 0.15) is 17.5 Å². The molecule has 0 aliphatic rings. The van der Waals surface area contributed by atoms with Crippen LogP contribution in [0.25, 0.3) is 6.08 Å². The maximum Gasteiger partial charge on any atom is 0.0530 e. The first-order valence-electron chi connectivity index (χ1n) is 5.94. The van der Waals surface area contributed by atoms with E-state index >= 15 is 0 Å². The number of hydroxylamine groups is 1. The molecule has 1 aromatic rings. The van der Waals surface area contributed by atoms with E-state index in [-0.39, 0.29) is 0 Å². The van der Waals surface area contributed by atoms with Crippen LogP contribution in [0.5, 0.6) is 0 Å². The summed E-state index contributed by atoms with van der Waals surface area (Å²) in [7, 11) is 0. The van der Waals surface area contributed by atoms with E-state index in [1.165, 1.54) is 5.56 Å². The van der Waals surface area contributed by atoms with E-state index in [1.54, 1.807) is 6.08 Å². The van der Waals surface area contributed by atoms with Crippen molar-refractivity contribution in [1.29, 1.82) is 0 Å². The van der Waals surface area contributed by atoms with Crippen molar-refractivity contribution in [3.05, 3.63) is 66.4 Å². The number of benzene rings is 1. The lowest BCUT2D eigenvalue weighted by molar-refractivity contribution is 0.205. The first-order valence-corrected chi connectivity index (χ1v) is 5.94. The Hall–Kier alpha value is -1.84. The molecule has 0 saturated carbocycles. The van der Waals surface area contributed by atoms with Crippen LogP contribution >= 0.6 is 0 Å². The molecule has 0 aliphatic heterocycles. The summed E-state index contributed by atoms with van der Waals surface area (Å²) in [5, 5.41) is 11.9. The summed E-state index contributed by atoms with van der Waals surface area (Å²) in [4.78, 5) is 0. The van der Waals surface area contributed by atoms with Crippen LogP contribution < -0.4 is 10.8 Å². The van der Waals surface area contributed by atoms with Gasteiger partial charge in [0, 0.05) is 6.54 Å². The molecule has 3 N–H and O–H groups in total. The van der Waals surface area contributed by atoms with E-state index in [4.69, 9.17) is 5.21 Å². The SMILES string of the molecule is C=CCCNCc1ccc(/C=C/C(=C)NO)cc1. The largest absolute Gasteiger partial charge is 0.312 e. The summed E-state index contributed by atoms with van der Waals surface area (Å²) in [6.07, 6.45) is 6.50. The molecule has 0 amide bonds. The molecule has 0 aliphatic carbocycles. The minimum atomic E-state index is 0.463. The number of nitrogens with one attached hydrogen (secondary N) is 2. The fraction of sp³-hybridized carbons (Fsp3) is 0.200. The highest BCUT2D eigenvalue weighted by atomic mass is 16.5. The molecule has 0 bridgehead atoms. The lowest BCUT2D eigenvalue weighted by Gasteiger charge is -2.03. The molecular formula is C15H20N2O. The predicted molar refractivity (Wildman–Crippen MR) is 76.1 cm³/mol. The third kappa shape index (κ3) is 5.48. The molecule has 3 nitrogen and oxygen atoms in total.